The van der Waals surface area contributed by atoms with Crippen LogP contribution in [0.1, 0.15) is 38.8 Å². The lowest BCUT2D eigenvalue weighted by atomic mass is 9.93. The SMILES string of the molecule is CC1=C(C(=O)OC(C)C)[C@H](c2ccccc2F)N2C(=O)CCSC2=N1. The highest BCUT2D eigenvalue weighted by molar-refractivity contribution is 8.14. The first-order chi connectivity index (χ1) is 11.9. The van der Waals surface area contributed by atoms with Crippen LogP contribution >= 0.6 is 11.8 Å². The summed E-state index contributed by atoms with van der Waals surface area (Å²) in [5, 5.41) is 0.503. The van der Waals surface area contributed by atoms with Crippen molar-refractivity contribution in [1.82, 2.24) is 4.90 Å². The third-order valence-corrected chi connectivity index (χ3v) is 4.92. The Morgan fingerprint density at radius 3 is 2.80 bits per heavy atom. The number of rotatable bonds is 3. The molecule has 2 aliphatic rings. The molecule has 0 spiro atoms. The fraction of sp³-hybridized carbons (Fsp3) is 0.389. The number of amidine groups is 1. The van der Waals surface area contributed by atoms with Crippen LogP contribution in [0.2, 0.25) is 0 Å². The predicted molar refractivity (Wildman–Crippen MR) is 94.4 cm³/mol. The minimum absolute atomic E-state index is 0.173. The van der Waals surface area contributed by atoms with Crippen LogP contribution in [0, 0.1) is 5.82 Å². The average molecular weight is 362 g/mol. The molecule has 5 nitrogen and oxygen atoms in total. The Bertz CT molecular complexity index is 788. The quantitative estimate of drug-likeness (QED) is 0.773. The highest BCUT2D eigenvalue weighted by Crippen LogP contribution is 2.41. The van der Waals surface area contributed by atoms with Crippen LogP contribution in [0.3, 0.4) is 0 Å². The molecule has 1 fully saturated rings. The van der Waals surface area contributed by atoms with Crippen LogP contribution in [-0.2, 0) is 14.3 Å². The number of nitrogens with zero attached hydrogens (tertiary/aromatic N) is 2. The molecule has 7 heteroatoms. The molecule has 1 aromatic carbocycles. The number of amides is 1. The summed E-state index contributed by atoms with van der Waals surface area (Å²) in [5.41, 5.74) is 0.923. The zero-order valence-corrected chi connectivity index (χ0v) is 15.1. The van der Waals surface area contributed by atoms with Crippen LogP contribution in [-0.4, -0.2) is 33.8 Å². The summed E-state index contributed by atoms with van der Waals surface area (Å²) in [6, 6.07) is 5.31. The van der Waals surface area contributed by atoms with Gasteiger partial charge in [0.2, 0.25) is 5.91 Å². The van der Waals surface area contributed by atoms with Gasteiger partial charge < -0.3 is 4.74 Å². The number of carbonyl (C=O) groups is 2. The number of aliphatic imine (C=N–C) groups is 1. The molecular weight excluding hydrogens is 343 g/mol. The van der Waals surface area contributed by atoms with Crippen molar-refractivity contribution in [3.05, 3.63) is 46.9 Å². The molecular formula is C18H19FN2O3S. The summed E-state index contributed by atoms with van der Waals surface area (Å²) in [6.45, 7) is 5.17. The number of ether oxygens (including phenoxy) is 1. The van der Waals surface area contributed by atoms with Crippen LogP contribution in [0.25, 0.3) is 0 Å². The molecule has 132 valence electrons. The van der Waals surface area contributed by atoms with E-state index in [9.17, 15) is 14.0 Å². The van der Waals surface area contributed by atoms with Crippen LogP contribution in [0.5, 0.6) is 0 Å². The number of hydrogen-bond donors (Lipinski definition) is 0. The Labute approximate surface area is 149 Å². The van der Waals surface area contributed by atoms with Crippen LogP contribution < -0.4 is 0 Å². The van der Waals surface area contributed by atoms with Crippen LogP contribution in [0.4, 0.5) is 4.39 Å². The van der Waals surface area contributed by atoms with Crippen molar-refractivity contribution in [3.63, 3.8) is 0 Å². The van der Waals surface area contributed by atoms with Crippen molar-refractivity contribution < 1.29 is 18.7 Å². The molecule has 1 atom stereocenters. The number of thioether (sulfide) groups is 1. The van der Waals surface area contributed by atoms with Crippen molar-refractivity contribution in [2.75, 3.05) is 5.75 Å². The van der Waals surface area contributed by atoms with Gasteiger partial charge in [0.1, 0.15) is 11.9 Å². The summed E-state index contributed by atoms with van der Waals surface area (Å²) in [5.74, 6) is -0.600. The third-order valence-electron chi connectivity index (χ3n) is 3.97. The molecule has 1 aromatic rings. The van der Waals surface area contributed by atoms with Crippen molar-refractivity contribution in [1.29, 1.82) is 0 Å². The molecule has 0 aliphatic carbocycles. The highest BCUT2D eigenvalue weighted by Gasteiger charge is 2.42. The monoisotopic (exact) mass is 362 g/mol. The van der Waals surface area contributed by atoms with Crippen molar-refractivity contribution >= 4 is 28.8 Å². The van der Waals surface area contributed by atoms with E-state index in [0.29, 0.717) is 23.0 Å². The number of allylic oxidation sites excluding steroid dienone is 1. The Kier molecular flexibility index (Phi) is 4.94. The molecule has 2 aliphatic heterocycles. The standard InChI is InChI=1S/C18H19FN2O3S/c1-10(2)24-17(23)15-11(3)20-18-21(14(22)8-9-25-18)16(15)12-6-4-5-7-13(12)19/h4-7,10,16H,8-9H2,1-3H3/t16-/m0/s1. The summed E-state index contributed by atoms with van der Waals surface area (Å²) in [6.07, 6.45) is -0.00825. The maximum atomic E-state index is 14.5. The Hall–Kier alpha value is -2.15. The fourth-order valence-corrected chi connectivity index (χ4v) is 3.93. The van der Waals surface area contributed by atoms with Crippen molar-refractivity contribution in [3.8, 4) is 0 Å². The topological polar surface area (TPSA) is 59.0 Å². The minimum Gasteiger partial charge on any atom is -0.459 e. The van der Waals surface area contributed by atoms with Crippen molar-refractivity contribution in [2.45, 2.75) is 39.3 Å². The van der Waals surface area contributed by atoms with Gasteiger partial charge in [0.05, 0.1) is 17.4 Å². The fourth-order valence-electron chi connectivity index (χ4n) is 2.93. The average Bonchev–Trinajstić information content (AvgIpc) is 2.53. The first kappa shape index (κ1) is 17.7. The lowest BCUT2D eigenvalue weighted by Gasteiger charge is -2.39. The number of esters is 1. The Morgan fingerprint density at radius 2 is 2.12 bits per heavy atom. The highest BCUT2D eigenvalue weighted by atomic mass is 32.2. The molecule has 0 bridgehead atoms. The number of halogens is 1. The lowest BCUT2D eigenvalue weighted by Crippen LogP contribution is -2.46. The van der Waals surface area contributed by atoms with E-state index in [1.54, 1.807) is 39.0 Å². The van der Waals surface area contributed by atoms with E-state index in [4.69, 9.17) is 4.74 Å². The van der Waals surface area contributed by atoms with Gasteiger partial charge in [0, 0.05) is 17.7 Å². The predicted octanol–water partition coefficient (Wildman–Crippen LogP) is 3.43. The molecule has 3 rings (SSSR count). The maximum absolute atomic E-state index is 14.5. The number of fused-ring (bicyclic) bond motifs is 1. The summed E-state index contributed by atoms with van der Waals surface area (Å²) < 4.78 is 19.9. The Balaban J connectivity index is 2.17. The second kappa shape index (κ2) is 7.00. The largest absolute Gasteiger partial charge is 0.459 e. The molecule has 0 aromatic heterocycles. The van der Waals surface area contributed by atoms with Gasteiger partial charge in [-0.3, -0.25) is 9.69 Å². The van der Waals surface area contributed by atoms with Crippen molar-refractivity contribution in [2.24, 2.45) is 4.99 Å². The van der Waals surface area contributed by atoms with E-state index in [0.717, 1.165) is 0 Å². The first-order valence-corrected chi connectivity index (χ1v) is 9.08. The zero-order valence-electron chi connectivity index (χ0n) is 14.3. The van der Waals surface area contributed by atoms with E-state index < -0.39 is 17.8 Å². The van der Waals surface area contributed by atoms with E-state index in [-0.39, 0.29) is 23.1 Å². The molecule has 1 amide bonds. The number of hydrogen-bond acceptors (Lipinski definition) is 5. The van der Waals surface area contributed by atoms with Gasteiger partial charge >= 0.3 is 5.97 Å². The van der Waals surface area contributed by atoms with Gasteiger partial charge in [-0.25, -0.2) is 14.2 Å². The molecule has 1 saturated heterocycles. The van der Waals surface area contributed by atoms with Gasteiger partial charge in [0.15, 0.2) is 5.17 Å². The van der Waals surface area contributed by atoms with Gasteiger partial charge in [0.25, 0.3) is 0 Å². The van der Waals surface area contributed by atoms with Crippen LogP contribution in [0.15, 0.2) is 40.5 Å². The number of carbonyl (C=O) groups excluding carboxylic acids is 2. The van der Waals surface area contributed by atoms with Gasteiger partial charge in [-0.15, -0.1) is 0 Å². The molecule has 0 saturated carbocycles. The molecule has 0 radical (unpaired) electrons. The maximum Gasteiger partial charge on any atom is 0.338 e. The second-order valence-electron chi connectivity index (χ2n) is 6.13. The van der Waals surface area contributed by atoms with Gasteiger partial charge in [-0.1, -0.05) is 30.0 Å². The molecule has 0 N–H and O–H groups in total. The van der Waals surface area contributed by atoms with Gasteiger partial charge in [-0.05, 0) is 26.8 Å². The van der Waals surface area contributed by atoms with E-state index in [1.807, 2.05) is 0 Å². The zero-order chi connectivity index (χ0) is 18.1. The molecule has 2 heterocycles. The van der Waals surface area contributed by atoms with E-state index >= 15 is 0 Å². The van der Waals surface area contributed by atoms with E-state index in [2.05, 4.69) is 4.99 Å². The normalized spacial score (nSPS) is 20.5. The first-order valence-electron chi connectivity index (χ1n) is 8.10. The molecule has 0 unspecified atom stereocenters. The van der Waals surface area contributed by atoms with E-state index in [1.165, 1.54) is 22.7 Å². The van der Waals surface area contributed by atoms with Gasteiger partial charge in [-0.2, -0.15) is 0 Å². The summed E-state index contributed by atoms with van der Waals surface area (Å²) in [4.78, 5) is 31.1. The Morgan fingerprint density at radius 1 is 1.40 bits per heavy atom. The summed E-state index contributed by atoms with van der Waals surface area (Å²) in [7, 11) is 0. The summed E-state index contributed by atoms with van der Waals surface area (Å²) >= 11 is 1.43. The lowest BCUT2D eigenvalue weighted by molar-refractivity contribution is -0.143. The minimum atomic E-state index is -0.861. The smallest absolute Gasteiger partial charge is 0.338 e. The second-order valence-corrected chi connectivity index (χ2v) is 7.20. The number of benzene rings is 1. The third kappa shape index (κ3) is 3.33. The molecule has 25 heavy (non-hydrogen) atoms.